The minimum Gasteiger partial charge on any atom is -0.303 e. The van der Waals surface area contributed by atoms with Gasteiger partial charge in [-0.3, -0.25) is 14.9 Å². The minimum absolute atomic E-state index is 0.0410. The smallest absolute Gasteiger partial charge is 0.303 e. The van der Waals surface area contributed by atoms with Crippen molar-refractivity contribution in [2.45, 2.75) is 13.0 Å². The maximum absolute atomic E-state index is 12.0. The summed E-state index contributed by atoms with van der Waals surface area (Å²) in [6.07, 6.45) is 2.65. The van der Waals surface area contributed by atoms with E-state index in [1.54, 1.807) is 6.92 Å². The number of nitro groups is 1. The molecular weight excluding hydrogens is 288 g/mol. The van der Waals surface area contributed by atoms with Crippen LogP contribution in [0.4, 0.5) is 11.5 Å². The van der Waals surface area contributed by atoms with Gasteiger partial charge in [-0.15, -0.1) is 0 Å². The second-order valence-corrected chi connectivity index (χ2v) is 4.19. The molecule has 0 aliphatic carbocycles. The highest BCUT2D eigenvalue weighted by Crippen LogP contribution is 2.24. The summed E-state index contributed by atoms with van der Waals surface area (Å²) < 4.78 is 1.31. The largest absolute Gasteiger partial charge is 0.311 e. The van der Waals surface area contributed by atoms with Gasteiger partial charge in [-0.2, -0.15) is 5.10 Å². The molecule has 2 rings (SSSR count). The van der Waals surface area contributed by atoms with Crippen molar-refractivity contribution < 1.29 is 9.72 Å². The van der Waals surface area contributed by atoms with Gasteiger partial charge < -0.3 is 5.32 Å². The molecule has 0 aliphatic heterocycles. The van der Waals surface area contributed by atoms with Crippen LogP contribution in [0, 0.1) is 10.1 Å². The Labute approximate surface area is 117 Å². The molecule has 1 N–H and O–H groups in total. The summed E-state index contributed by atoms with van der Waals surface area (Å²) >= 11 is 5.67. The SMILES string of the molecule is CC(C(=O)Nc1nc(Cl)ccc1[N+](=O)[O-])n1cncn1. The Morgan fingerprint density at radius 2 is 2.30 bits per heavy atom. The van der Waals surface area contributed by atoms with Crippen LogP contribution in [0.5, 0.6) is 0 Å². The van der Waals surface area contributed by atoms with Crippen LogP contribution in [0.1, 0.15) is 13.0 Å². The first kappa shape index (κ1) is 13.9. The van der Waals surface area contributed by atoms with E-state index in [0.29, 0.717) is 0 Å². The second kappa shape index (κ2) is 5.61. The van der Waals surface area contributed by atoms with Gasteiger partial charge in [0, 0.05) is 6.07 Å². The molecule has 10 heteroatoms. The fraction of sp³-hybridized carbons (Fsp3) is 0.200. The Morgan fingerprint density at radius 3 is 2.90 bits per heavy atom. The molecule has 9 nitrogen and oxygen atoms in total. The molecule has 0 bridgehead atoms. The summed E-state index contributed by atoms with van der Waals surface area (Å²) in [5.74, 6) is -0.729. The molecule has 0 radical (unpaired) electrons. The number of halogens is 1. The molecule has 1 atom stereocenters. The standard InChI is InChI=1S/C10H9ClN6O3/c1-6(16-5-12-4-13-16)10(18)15-9-7(17(19)20)2-3-8(11)14-9/h2-6H,1H3,(H,14,15,18). The quantitative estimate of drug-likeness (QED) is 0.518. The topological polar surface area (TPSA) is 116 Å². The van der Waals surface area contributed by atoms with E-state index in [1.807, 2.05) is 0 Å². The molecule has 20 heavy (non-hydrogen) atoms. The van der Waals surface area contributed by atoms with Gasteiger partial charge >= 0.3 is 5.69 Å². The van der Waals surface area contributed by atoms with E-state index in [9.17, 15) is 14.9 Å². The predicted octanol–water partition coefficient (Wildman–Crippen LogP) is 1.43. The highest BCUT2D eigenvalue weighted by molar-refractivity contribution is 6.29. The van der Waals surface area contributed by atoms with Gasteiger partial charge in [0.1, 0.15) is 23.8 Å². The number of anilines is 1. The lowest BCUT2D eigenvalue weighted by molar-refractivity contribution is -0.384. The number of hydrogen-bond donors (Lipinski definition) is 1. The third-order valence-corrected chi connectivity index (χ3v) is 2.70. The van der Waals surface area contributed by atoms with Crippen LogP contribution in [0.3, 0.4) is 0 Å². The lowest BCUT2D eigenvalue weighted by Crippen LogP contribution is -2.25. The van der Waals surface area contributed by atoms with Crippen molar-refractivity contribution >= 4 is 29.0 Å². The van der Waals surface area contributed by atoms with Gasteiger partial charge in [-0.1, -0.05) is 11.6 Å². The number of hydrogen-bond acceptors (Lipinski definition) is 6. The number of pyridine rings is 1. The molecule has 2 aromatic heterocycles. The summed E-state index contributed by atoms with van der Waals surface area (Å²) in [5.41, 5.74) is -0.339. The van der Waals surface area contributed by atoms with Crippen LogP contribution in [0.15, 0.2) is 24.8 Å². The normalized spacial score (nSPS) is 11.9. The number of rotatable bonds is 4. The average Bonchev–Trinajstić information content (AvgIpc) is 2.91. The predicted molar refractivity (Wildman–Crippen MR) is 69.3 cm³/mol. The maximum atomic E-state index is 12.0. The Morgan fingerprint density at radius 1 is 1.55 bits per heavy atom. The number of carbonyl (C=O) groups excluding carboxylic acids is 1. The molecule has 1 unspecified atom stereocenters. The lowest BCUT2D eigenvalue weighted by Gasteiger charge is -2.11. The van der Waals surface area contributed by atoms with Gasteiger partial charge in [0.2, 0.25) is 11.7 Å². The minimum atomic E-state index is -0.696. The zero-order valence-corrected chi connectivity index (χ0v) is 11.0. The van der Waals surface area contributed by atoms with E-state index >= 15 is 0 Å². The van der Waals surface area contributed by atoms with E-state index in [0.717, 1.165) is 0 Å². The van der Waals surface area contributed by atoms with Crippen LogP contribution < -0.4 is 5.32 Å². The zero-order chi connectivity index (χ0) is 14.7. The first-order valence-electron chi connectivity index (χ1n) is 5.45. The molecule has 1 amide bonds. The Bertz CT molecular complexity index is 644. The lowest BCUT2D eigenvalue weighted by atomic mass is 10.3. The van der Waals surface area contributed by atoms with Crippen LogP contribution in [-0.2, 0) is 4.79 Å². The summed E-state index contributed by atoms with van der Waals surface area (Å²) in [7, 11) is 0. The van der Waals surface area contributed by atoms with Crippen molar-refractivity contribution in [2.24, 2.45) is 0 Å². The Hall–Kier alpha value is -2.55. The average molecular weight is 297 g/mol. The summed E-state index contributed by atoms with van der Waals surface area (Å²) in [4.78, 5) is 29.7. The highest BCUT2D eigenvalue weighted by atomic mass is 35.5. The van der Waals surface area contributed by atoms with E-state index in [4.69, 9.17) is 11.6 Å². The highest BCUT2D eigenvalue weighted by Gasteiger charge is 2.22. The first-order chi connectivity index (χ1) is 9.49. The third kappa shape index (κ3) is 2.88. The molecule has 2 heterocycles. The van der Waals surface area contributed by atoms with Crippen LogP contribution in [0.2, 0.25) is 5.15 Å². The zero-order valence-electron chi connectivity index (χ0n) is 10.2. The van der Waals surface area contributed by atoms with Gasteiger partial charge in [0.15, 0.2) is 0 Å². The molecule has 0 saturated heterocycles. The van der Waals surface area contributed by atoms with Crippen molar-refractivity contribution in [3.63, 3.8) is 0 Å². The molecule has 0 aliphatic rings. The molecule has 0 saturated carbocycles. The molecular formula is C10H9ClN6O3. The van der Waals surface area contributed by atoms with Crippen LogP contribution in [-0.4, -0.2) is 30.6 Å². The van der Waals surface area contributed by atoms with Gasteiger partial charge in [0.25, 0.3) is 0 Å². The van der Waals surface area contributed by atoms with Crippen molar-refractivity contribution in [3.05, 3.63) is 40.1 Å². The summed E-state index contributed by atoms with van der Waals surface area (Å²) in [5, 5.41) is 17.1. The Kier molecular flexibility index (Phi) is 3.89. The van der Waals surface area contributed by atoms with Crippen LogP contribution in [0.25, 0.3) is 0 Å². The summed E-state index contributed by atoms with van der Waals surface area (Å²) in [6.45, 7) is 1.57. The van der Waals surface area contributed by atoms with Crippen molar-refractivity contribution in [3.8, 4) is 0 Å². The molecule has 2 aromatic rings. The van der Waals surface area contributed by atoms with Crippen molar-refractivity contribution in [1.29, 1.82) is 0 Å². The number of carbonyl (C=O) groups is 1. The van der Waals surface area contributed by atoms with Crippen LogP contribution >= 0.6 is 11.6 Å². The monoisotopic (exact) mass is 296 g/mol. The number of nitrogens with zero attached hydrogens (tertiary/aromatic N) is 5. The molecule has 104 valence electrons. The summed E-state index contributed by atoms with van der Waals surface area (Å²) in [6, 6.07) is 1.75. The Balaban J connectivity index is 2.23. The molecule has 0 fully saturated rings. The number of amides is 1. The van der Waals surface area contributed by atoms with E-state index in [-0.39, 0.29) is 16.7 Å². The van der Waals surface area contributed by atoms with Crippen molar-refractivity contribution in [2.75, 3.05) is 5.32 Å². The first-order valence-corrected chi connectivity index (χ1v) is 5.82. The van der Waals surface area contributed by atoms with Crippen molar-refractivity contribution in [1.82, 2.24) is 19.7 Å². The second-order valence-electron chi connectivity index (χ2n) is 3.80. The van der Waals surface area contributed by atoms with Gasteiger partial charge in [0.05, 0.1) is 4.92 Å². The number of aromatic nitrogens is 4. The fourth-order valence-electron chi connectivity index (χ4n) is 1.43. The third-order valence-electron chi connectivity index (χ3n) is 2.49. The van der Waals surface area contributed by atoms with Gasteiger partial charge in [-0.25, -0.2) is 14.6 Å². The maximum Gasteiger partial charge on any atom is 0.311 e. The van der Waals surface area contributed by atoms with E-state index in [1.165, 1.54) is 29.5 Å². The van der Waals surface area contributed by atoms with Gasteiger partial charge in [-0.05, 0) is 13.0 Å². The number of nitrogens with one attached hydrogen (secondary N) is 1. The molecule has 0 aromatic carbocycles. The van der Waals surface area contributed by atoms with E-state index < -0.39 is 16.9 Å². The van der Waals surface area contributed by atoms with E-state index in [2.05, 4.69) is 20.4 Å². The fourth-order valence-corrected chi connectivity index (χ4v) is 1.57. The molecule has 0 spiro atoms.